The molecule has 1 amide bonds. The van der Waals surface area contributed by atoms with Gasteiger partial charge in [0.1, 0.15) is 0 Å². The highest BCUT2D eigenvalue weighted by molar-refractivity contribution is 5.91. The zero-order valence-electron chi connectivity index (χ0n) is 12.1. The van der Waals surface area contributed by atoms with E-state index in [0.29, 0.717) is 5.69 Å². The second kappa shape index (κ2) is 6.34. The van der Waals surface area contributed by atoms with E-state index in [0.717, 1.165) is 12.1 Å². The molecule has 0 aliphatic rings. The predicted octanol–water partition coefficient (Wildman–Crippen LogP) is 1.90. The van der Waals surface area contributed by atoms with E-state index < -0.39 is 0 Å². The highest BCUT2D eigenvalue weighted by Gasteiger charge is 2.14. The van der Waals surface area contributed by atoms with Crippen molar-refractivity contribution in [1.29, 1.82) is 0 Å². The number of hydrogen-bond donors (Lipinski definition) is 2. The van der Waals surface area contributed by atoms with E-state index in [-0.39, 0.29) is 11.9 Å². The highest BCUT2D eigenvalue weighted by atomic mass is 16.1. The molecule has 0 fully saturated rings. The first-order valence-corrected chi connectivity index (χ1v) is 6.75. The average Bonchev–Trinajstić information content (AvgIpc) is 2.98. The van der Waals surface area contributed by atoms with Gasteiger partial charge in [-0.2, -0.15) is 5.10 Å². The van der Waals surface area contributed by atoms with Gasteiger partial charge in [0.15, 0.2) is 5.69 Å². The fourth-order valence-corrected chi connectivity index (χ4v) is 2.28. The third-order valence-electron chi connectivity index (χ3n) is 3.36. The summed E-state index contributed by atoms with van der Waals surface area (Å²) in [5.41, 5.74) is 2.58. The number of nitrogens with zero attached hydrogens (tertiary/aromatic N) is 2. The van der Waals surface area contributed by atoms with E-state index in [9.17, 15) is 4.79 Å². The number of hydrogen-bond acceptors (Lipinski definition) is 3. The maximum atomic E-state index is 11.6. The fourth-order valence-electron chi connectivity index (χ4n) is 2.28. The predicted molar refractivity (Wildman–Crippen MR) is 79.0 cm³/mol. The number of rotatable bonds is 5. The van der Waals surface area contributed by atoms with Gasteiger partial charge in [-0.25, -0.2) is 4.68 Å². The van der Waals surface area contributed by atoms with Crippen LogP contribution in [0.2, 0.25) is 0 Å². The summed E-state index contributed by atoms with van der Waals surface area (Å²) in [7, 11) is 3.55. The number of amides is 1. The lowest BCUT2D eigenvalue weighted by molar-refractivity contribution is 0.0957. The quantitative estimate of drug-likeness (QED) is 0.874. The minimum atomic E-state index is -0.179. The Morgan fingerprint density at radius 3 is 2.70 bits per heavy atom. The lowest BCUT2D eigenvalue weighted by Gasteiger charge is -2.18. The molecule has 20 heavy (non-hydrogen) atoms. The van der Waals surface area contributed by atoms with Crippen molar-refractivity contribution in [3.63, 3.8) is 0 Å². The summed E-state index contributed by atoms with van der Waals surface area (Å²) < 4.78 is 1.75. The summed E-state index contributed by atoms with van der Waals surface area (Å²) in [6, 6.07) is 10.1. The standard InChI is InChI=1S/C15H20N4O/c1-4-12(16-2)11-7-5-6-8-14(11)19-10-9-13(18-19)15(20)17-3/h5-10,12,16H,4H2,1-3H3,(H,17,20). The second-order valence-electron chi connectivity index (χ2n) is 4.53. The van der Waals surface area contributed by atoms with Crippen LogP contribution in [0.4, 0.5) is 0 Å². The van der Waals surface area contributed by atoms with Crippen LogP contribution < -0.4 is 10.6 Å². The number of aromatic nitrogens is 2. The van der Waals surface area contributed by atoms with Crippen molar-refractivity contribution in [2.75, 3.05) is 14.1 Å². The SMILES string of the molecule is CCC(NC)c1ccccc1-n1ccc(C(=O)NC)n1. The van der Waals surface area contributed by atoms with Crippen molar-refractivity contribution in [3.8, 4) is 5.69 Å². The minimum Gasteiger partial charge on any atom is -0.354 e. The Balaban J connectivity index is 2.42. The van der Waals surface area contributed by atoms with Gasteiger partial charge in [0.2, 0.25) is 0 Å². The van der Waals surface area contributed by atoms with E-state index in [4.69, 9.17) is 0 Å². The average molecular weight is 272 g/mol. The van der Waals surface area contributed by atoms with Gasteiger partial charge >= 0.3 is 0 Å². The summed E-state index contributed by atoms with van der Waals surface area (Å²) in [5, 5.41) is 10.2. The van der Waals surface area contributed by atoms with Crippen LogP contribution in [0.3, 0.4) is 0 Å². The van der Waals surface area contributed by atoms with E-state index in [2.05, 4.69) is 28.7 Å². The van der Waals surface area contributed by atoms with Crippen LogP contribution >= 0.6 is 0 Å². The largest absolute Gasteiger partial charge is 0.354 e. The molecule has 1 aromatic heterocycles. The Bertz CT molecular complexity index is 587. The normalized spacial score (nSPS) is 12.2. The van der Waals surface area contributed by atoms with Crippen LogP contribution in [0, 0.1) is 0 Å². The van der Waals surface area contributed by atoms with Crippen LogP contribution in [-0.4, -0.2) is 29.8 Å². The van der Waals surface area contributed by atoms with Gasteiger partial charge in [-0.3, -0.25) is 4.79 Å². The van der Waals surface area contributed by atoms with Crippen molar-refractivity contribution in [2.24, 2.45) is 0 Å². The molecule has 1 atom stereocenters. The third-order valence-corrected chi connectivity index (χ3v) is 3.36. The summed E-state index contributed by atoms with van der Waals surface area (Å²) >= 11 is 0. The number of benzene rings is 1. The molecular weight excluding hydrogens is 252 g/mol. The number of carbonyl (C=O) groups is 1. The Morgan fingerprint density at radius 1 is 1.30 bits per heavy atom. The maximum Gasteiger partial charge on any atom is 0.271 e. The molecule has 0 saturated heterocycles. The lowest BCUT2D eigenvalue weighted by Crippen LogP contribution is -2.19. The Labute approximate surface area is 119 Å². The van der Waals surface area contributed by atoms with Crippen molar-refractivity contribution < 1.29 is 4.79 Å². The molecule has 5 nitrogen and oxygen atoms in total. The van der Waals surface area contributed by atoms with E-state index in [1.54, 1.807) is 17.8 Å². The maximum absolute atomic E-state index is 11.6. The van der Waals surface area contributed by atoms with Gasteiger partial charge in [-0.1, -0.05) is 25.1 Å². The molecule has 1 aromatic carbocycles. The van der Waals surface area contributed by atoms with Crippen LogP contribution in [0.5, 0.6) is 0 Å². The third kappa shape index (κ3) is 2.72. The van der Waals surface area contributed by atoms with Gasteiger partial charge in [0, 0.05) is 19.3 Å². The summed E-state index contributed by atoms with van der Waals surface area (Å²) in [4.78, 5) is 11.6. The van der Waals surface area contributed by atoms with Crippen LogP contribution in [0.25, 0.3) is 5.69 Å². The molecule has 0 bridgehead atoms. The van der Waals surface area contributed by atoms with Crippen molar-refractivity contribution in [1.82, 2.24) is 20.4 Å². The highest BCUT2D eigenvalue weighted by Crippen LogP contribution is 2.23. The first kappa shape index (κ1) is 14.3. The molecule has 2 aromatic rings. The summed E-state index contributed by atoms with van der Waals surface area (Å²) in [6.07, 6.45) is 2.79. The summed E-state index contributed by atoms with van der Waals surface area (Å²) in [5.74, 6) is -0.179. The van der Waals surface area contributed by atoms with Crippen LogP contribution in [-0.2, 0) is 0 Å². The van der Waals surface area contributed by atoms with E-state index in [1.807, 2.05) is 31.4 Å². The molecule has 2 N–H and O–H groups in total. The Morgan fingerprint density at radius 2 is 2.05 bits per heavy atom. The van der Waals surface area contributed by atoms with Gasteiger partial charge in [-0.15, -0.1) is 0 Å². The number of para-hydroxylation sites is 1. The Hall–Kier alpha value is -2.14. The topological polar surface area (TPSA) is 59.0 Å². The van der Waals surface area contributed by atoms with Gasteiger partial charge in [0.05, 0.1) is 5.69 Å². The molecule has 106 valence electrons. The monoisotopic (exact) mass is 272 g/mol. The molecular formula is C15H20N4O. The second-order valence-corrected chi connectivity index (χ2v) is 4.53. The lowest BCUT2D eigenvalue weighted by atomic mass is 10.0. The molecule has 0 aliphatic heterocycles. The zero-order valence-corrected chi connectivity index (χ0v) is 12.1. The number of nitrogens with one attached hydrogen (secondary N) is 2. The van der Waals surface area contributed by atoms with Crippen LogP contribution in [0.15, 0.2) is 36.5 Å². The first-order valence-electron chi connectivity index (χ1n) is 6.75. The van der Waals surface area contributed by atoms with Gasteiger partial charge in [0.25, 0.3) is 5.91 Å². The molecule has 0 radical (unpaired) electrons. The molecule has 1 unspecified atom stereocenters. The zero-order chi connectivity index (χ0) is 14.5. The molecule has 1 heterocycles. The van der Waals surface area contributed by atoms with Crippen molar-refractivity contribution in [2.45, 2.75) is 19.4 Å². The van der Waals surface area contributed by atoms with Crippen molar-refractivity contribution in [3.05, 3.63) is 47.8 Å². The Kier molecular flexibility index (Phi) is 4.53. The van der Waals surface area contributed by atoms with E-state index >= 15 is 0 Å². The van der Waals surface area contributed by atoms with E-state index in [1.165, 1.54) is 5.56 Å². The van der Waals surface area contributed by atoms with Gasteiger partial charge < -0.3 is 10.6 Å². The smallest absolute Gasteiger partial charge is 0.271 e. The van der Waals surface area contributed by atoms with Crippen LogP contribution in [0.1, 0.15) is 35.4 Å². The first-order chi connectivity index (χ1) is 9.71. The fraction of sp³-hybridized carbons (Fsp3) is 0.333. The summed E-state index contributed by atoms with van der Waals surface area (Å²) in [6.45, 7) is 2.14. The molecule has 2 rings (SSSR count). The molecule has 0 saturated carbocycles. The molecule has 5 heteroatoms. The van der Waals surface area contributed by atoms with Crippen molar-refractivity contribution >= 4 is 5.91 Å². The minimum absolute atomic E-state index is 0.179. The molecule has 0 spiro atoms. The van der Waals surface area contributed by atoms with Gasteiger partial charge in [-0.05, 0) is 31.2 Å². The number of carbonyl (C=O) groups excluding carboxylic acids is 1. The molecule has 0 aliphatic carbocycles.